The quantitative estimate of drug-likeness (QED) is 0.423. The molecule has 1 aliphatic heterocycles. The summed E-state index contributed by atoms with van der Waals surface area (Å²) in [6, 6.07) is 18.6. The third-order valence-corrected chi connectivity index (χ3v) is 5.35. The van der Waals surface area contributed by atoms with Crippen LogP contribution in [0.15, 0.2) is 66.7 Å². The van der Waals surface area contributed by atoms with Gasteiger partial charge in [0.1, 0.15) is 5.82 Å². The third-order valence-electron chi connectivity index (χ3n) is 5.35. The molecule has 0 unspecified atom stereocenters. The number of hydrogen-bond donors (Lipinski definition) is 0. The van der Waals surface area contributed by atoms with Gasteiger partial charge in [-0.25, -0.2) is 4.39 Å². The highest BCUT2D eigenvalue weighted by Gasteiger charge is 2.20. The summed E-state index contributed by atoms with van der Waals surface area (Å²) in [5.41, 5.74) is 7.35. The molecule has 2 nitrogen and oxygen atoms in total. The maximum absolute atomic E-state index is 13.7. The number of nitrogens with zero attached hydrogens (tertiary/aromatic N) is 1. The lowest BCUT2D eigenvalue weighted by molar-refractivity contribution is 0.104. The van der Waals surface area contributed by atoms with Crippen molar-refractivity contribution in [3.05, 3.63) is 106 Å². The van der Waals surface area contributed by atoms with Crippen molar-refractivity contribution in [3.8, 4) is 0 Å². The van der Waals surface area contributed by atoms with Crippen LogP contribution >= 0.6 is 0 Å². The van der Waals surface area contributed by atoms with Gasteiger partial charge in [0.15, 0.2) is 5.78 Å². The number of fused-ring (bicyclic) bond motifs is 1. The number of rotatable bonds is 4. The second-order valence-electron chi connectivity index (χ2n) is 7.33. The highest BCUT2D eigenvalue weighted by molar-refractivity contribution is 6.07. The predicted molar refractivity (Wildman–Crippen MR) is 112 cm³/mol. The molecule has 3 aromatic carbocycles. The summed E-state index contributed by atoms with van der Waals surface area (Å²) >= 11 is 0. The van der Waals surface area contributed by atoms with E-state index in [2.05, 4.69) is 30.9 Å². The van der Waals surface area contributed by atoms with Crippen molar-refractivity contribution in [1.82, 2.24) is 0 Å². The molecule has 28 heavy (non-hydrogen) atoms. The van der Waals surface area contributed by atoms with Gasteiger partial charge < -0.3 is 4.90 Å². The standard InChI is InChI=1S/C25H22FNO/c1-17-12-21-15-27(16-22(21)13-18(17)2)23-8-5-7-20(14-23)25(28)11-10-19-6-3-4-9-24(19)26/h3-14H,15-16H2,1-2H3/b11-10+. The lowest BCUT2D eigenvalue weighted by Crippen LogP contribution is -2.14. The lowest BCUT2D eigenvalue weighted by atomic mass is 10.0. The van der Waals surface area contributed by atoms with Crippen LogP contribution in [-0.2, 0) is 13.1 Å². The Balaban J connectivity index is 1.54. The van der Waals surface area contributed by atoms with Crippen LogP contribution in [0.4, 0.5) is 10.1 Å². The fourth-order valence-electron chi connectivity index (χ4n) is 3.61. The van der Waals surface area contributed by atoms with E-state index in [4.69, 9.17) is 0 Å². The maximum atomic E-state index is 13.7. The fraction of sp³-hybridized carbons (Fsp3) is 0.160. The van der Waals surface area contributed by atoms with Crippen LogP contribution in [0.3, 0.4) is 0 Å². The Labute approximate surface area is 164 Å². The Kier molecular flexibility index (Phi) is 4.82. The van der Waals surface area contributed by atoms with E-state index in [0.717, 1.165) is 18.8 Å². The predicted octanol–water partition coefficient (Wildman–Crippen LogP) is 5.86. The normalized spacial score (nSPS) is 13.2. The maximum Gasteiger partial charge on any atom is 0.185 e. The van der Waals surface area contributed by atoms with Crippen molar-refractivity contribution in [2.24, 2.45) is 0 Å². The largest absolute Gasteiger partial charge is 0.363 e. The molecule has 3 heteroatoms. The smallest absolute Gasteiger partial charge is 0.185 e. The summed E-state index contributed by atoms with van der Waals surface area (Å²) < 4.78 is 13.7. The Morgan fingerprint density at radius 3 is 2.29 bits per heavy atom. The molecule has 1 aliphatic rings. The van der Waals surface area contributed by atoms with Gasteiger partial charge in [0.25, 0.3) is 0 Å². The van der Waals surface area contributed by atoms with Crippen LogP contribution in [0, 0.1) is 19.7 Å². The van der Waals surface area contributed by atoms with Crippen LogP contribution in [0.1, 0.15) is 38.2 Å². The number of halogens is 1. The van der Waals surface area contributed by atoms with Crippen molar-refractivity contribution in [2.75, 3.05) is 4.90 Å². The van der Waals surface area contributed by atoms with Gasteiger partial charge in [0.2, 0.25) is 0 Å². The Hall–Kier alpha value is -3.20. The monoisotopic (exact) mass is 371 g/mol. The van der Waals surface area contributed by atoms with Crippen LogP contribution in [0.5, 0.6) is 0 Å². The molecule has 0 aromatic heterocycles. The lowest BCUT2D eigenvalue weighted by Gasteiger charge is -2.18. The van der Waals surface area contributed by atoms with Crippen LogP contribution in [0.2, 0.25) is 0 Å². The topological polar surface area (TPSA) is 20.3 Å². The number of carbonyl (C=O) groups excluding carboxylic acids is 1. The molecule has 0 N–H and O–H groups in total. The minimum atomic E-state index is -0.333. The minimum Gasteiger partial charge on any atom is -0.363 e. The molecule has 0 fully saturated rings. The summed E-state index contributed by atoms with van der Waals surface area (Å²) in [6.07, 6.45) is 2.96. The number of anilines is 1. The molecule has 140 valence electrons. The molecule has 0 aliphatic carbocycles. The molecule has 0 radical (unpaired) electrons. The highest BCUT2D eigenvalue weighted by Crippen LogP contribution is 2.30. The van der Waals surface area contributed by atoms with Crippen LogP contribution < -0.4 is 4.90 Å². The first-order valence-corrected chi connectivity index (χ1v) is 9.42. The number of aryl methyl sites for hydroxylation is 2. The van der Waals surface area contributed by atoms with Crippen molar-refractivity contribution < 1.29 is 9.18 Å². The molecule has 0 amide bonds. The average molecular weight is 371 g/mol. The molecular weight excluding hydrogens is 349 g/mol. The first kappa shape index (κ1) is 18.2. The highest BCUT2D eigenvalue weighted by atomic mass is 19.1. The molecule has 0 spiro atoms. The first-order chi connectivity index (χ1) is 13.5. The second kappa shape index (κ2) is 7.43. The number of ketones is 1. The molecule has 0 atom stereocenters. The van der Waals surface area contributed by atoms with Crippen molar-refractivity contribution in [2.45, 2.75) is 26.9 Å². The van der Waals surface area contributed by atoms with E-state index >= 15 is 0 Å². The summed E-state index contributed by atoms with van der Waals surface area (Å²) in [5.74, 6) is -0.464. The fourth-order valence-corrected chi connectivity index (χ4v) is 3.61. The number of benzene rings is 3. The Morgan fingerprint density at radius 1 is 0.929 bits per heavy atom. The van der Waals surface area contributed by atoms with Gasteiger partial charge in [-0.05, 0) is 66.5 Å². The molecule has 1 heterocycles. The van der Waals surface area contributed by atoms with E-state index in [1.54, 1.807) is 24.3 Å². The van der Waals surface area contributed by atoms with E-state index < -0.39 is 0 Å². The third kappa shape index (κ3) is 3.61. The second-order valence-corrected chi connectivity index (χ2v) is 7.33. The Bertz CT molecular complexity index is 1050. The van der Waals surface area contributed by atoms with Gasteiger partial charge in [0, 0.05) is 29.9 Å². The summed E-state index contributed by atoms with van der Waals surface area (Å²) in [4.78, 5) is 14.9. The van der Waals surface area contributed by atoms with E-state index in [1.165, 1.54) is 40.5 Å². The molecule has 3 aromatic rings. The van der Waals surface area contributed by atoms with E-state index in [0.29, 0.717) is 11.1 Å². The first-order valence-electron chi connectivity index (χ1n) is 9.42. The summed E-state index contributed by atoms with van der Waals surface area (Å²) in [7, 11) is 0. The Morgan fingerprint density at radius 2 is 1.61 bits per heavy atom. The zero-order valence-electron chi connectivity index (χ0n) is 16.1. The van der Waals surface area contributed by atoms with E-state index in [-0.39, 0.29) is 11.6 Å². The van der Waals surface area contributed by atoms with Gasteiger partial charge in [-0.15, -0.1) is 0 Å². The van der Waals surface area contributed by atoms with E-state index in [9.17, 15) is 9.18 Å². The summed E-state index contributed by atoms with van der Waals surface area (Å²) in [5, 5.41) is 0. The molecule has 0 saturated carbocycles. The average Bonchev–Trinajstić information content (AvgIpc) is 3.10. The molecule has 0 saturated heterocycles. The van der Waals surface area contributed by atoms with Crippen molar-refractivity contribution >= 4 is 17.5 Å². The van der Waals surface area contributed by atoms with Gasteiger partial charge in [-0.3, -0.25) is 4.79 Å². The van der Waals surface area contributed by atoms with Gasteiger partial charge in [-0.1, -0.05) is 42.5 Å². The van der Waals surface area contributed by atoms with Gasteiger partial charge in [-0.2, -0.15) is 0 Å². The number of carbonyl (C=O) groups is 1. The minimum absolute atomic E-state index is 0.131. The van der Waals surface area contributed by atoms with Crippen molar-refractivity contribution in [3.63, 3.8) is 0 Å². The zero-order chi connectivity index (χ0) is 19.7. The van der Waals surface area contributed by atoms with Crippen LogP contribution in [-0.4, -0.2) is 5.78 Å². The van der Waals surface area contributed by atoms with Gasteiger partial charge in [0.05, 0.1) is 0 Å². The van der Waals surface area contributed by atoms with E-state index in [1.807, 2.05) is 18.2 Å². The van der Waals surface area contributed by atoms with Crippen LogP contribution in [0.25, 0.3) is 6.08 Å². The molecular formula is C25H22FNO. The zero-order valence-corrected chi connectivity index (χ0v) is 16.1. The summed E-state index contributed by atoms with van der Waals surface area (Å²) in [6.45, 7) is 5.97. The number of hydrogen-bond acceptors (Lipinski definition) is 2. The number of allylic oxidation sites excluding steroid dienone is 1. The SMILES string of the molecule is Cc1cc2c(cc1C)CN(c1cccc(C(=O)/C=C/c3ccccc3F)c1)C2. The van der Waals surface area contributed by atoms with Crippen molar-refractivity contribution in [1.29, 1.82) is 0 Å². The molecule has 0 bridgehead atoms. The van der Waals surface area contributed by atoms with Gasteiger partial charge >= 0.3 is 0 Å². The molecule has 4 rings (SSSR count).